The first-order valence-electron chi connectivity index (χ1n) is 7.83. The normalized spacial score (nSPS) is 19.6. The van der Waals surface area contributed by atoms with Crippen molar-refractivity contribution >= 4 is 17.1 Å². The van der Waals surface area contributed by atoms with E-state index >= 15 is 0 Å². The SMILES string of the molecule is CC(C)(C)OC(=O)N1CC2=C(C1)CN(S(=O)c1ccc(F)cc1)C2. The molecular formula is C17H21FN2O3S. The van der Waals surface area contributed by atoms with Crippen molar-refractivity contribution in [2.75, 3.05) is 26.2 Å². The molecule has 2 aliphatic rings. The summed E-state index contributed by atoms with van der Waals surface area (Å²) in [5.74, 6) is -0.342. The molecule has 0 aromatic heterocycles. The highest BCUT2D eigenvalue weighted by Crippen LogP contribution is 2.29. The molecule has 2 heterocycles. The third-order valence-corrected chi connectivity index (χ3v) is 5.30. The van der Waals surface area contributed by atoms with Gasteiger partial charge in [-0.3, -0.25) is 0 Å². The molecule has 0 fully saturated rings. The third-order valence-electron chi connectivity index (χ3n) is 3.90. The van der Waals surface area contributed by atoms with Crippen LogP contribution < -0.4 is 0 Å². The standard InChI is InChI=1S/C17H21FN2O3S/c1-17(2,3)23-16(21)19-8-12-10-20(11-13(12)9-19)24(22)15-6-4-14(18)5-7-15/h4-7H,8-11H2,1-3H3. The number of nitrogens with zero attached hydrogens (tertiary/aromatic N) is 2. The minimum absolute atomic E-state index is 0.317. The van der Waals surface area contributed by atoms with Crippen LogP contribution in [-0.4, -0.2) is 51.3 Å². The first-order valence-corrected chi connectivity index (χ1v) is 8.94. The minimum Gasteiger partial charge on any atom is -0.444 e. The Hall–Kier alpha value is -1.73. The van der Waals surface area contributed by atoms with E-state index in [1.54, 1.807) is 17.0 Å². The highest BCUT2D eigenvalue weighted by atomic mass is 32.2. The Balaban J connectivity index is 1.58. The van der Waals surface area contributed by atoms with Crippen molar-refractivity contribution in [2.24, 2.45) is 0 Å². The highest BCUT2D eigenvalue weighted by Gasteiger charge is 2.36. The second kappa shape index (κ2) is 6.29. The van der Waals surface area contributed by atoms with Crippen LogP contribution >= 0.6 is 0 Å². The lowest BCUT2D eigenvalue weighted by Crippen LogP contribution is -2.38. The fourth-order valence-electron chi connectivity index (χ4n) is 2.82. The summed E-state index contributed by atoms with van der Waals surface area (Å²) in [6, 6.07) is 5.72. The number of carbonyl (C=O) groups excluding carboxylic acids is 1. The largest absolute Gasteiger partial charge is 0.444 e. The molecule has 0 aliphatic carbocycles. The molecule has 1 unspecified atom stereocenters. The van der Waals surface area contributed by atoms with Gasteiger partial charge in [0.2, 0.25) is 0 Å². The van der Waals surface area contributed by atoms with Gasteiger partial charge in [0.25, 0.3) is 0 Å². The Labute approximate surface area is 143 Å². The molecule has 3 rings (SSSR count). The van der Waals surface area contributed by atoms with E-state index in [0.717, 1.165) is 11.1 Å². The van der Waals surface area contributed by atoms with Crippen molar-refractivity contribution in [3.05, 3.63) is 41.2 Å². The molecule has 1 atom stereocenters. The Kier molecular flexibility index (Phi) is 4.48. The van der Waals surface area contributed by atoms with Gasteiger partial charge in [-0.05, 0) is 56.2 Å². The van der Waals surface area contributed by atoms with E-state index in [1.165, 1.54) is 12.1 Å². The van der Waals surface area contributed by atoms with Crippen LogP contribution in [0, 0.1) is 5.82 Å². The molecule has 1 aromatic rings. The van der Waals surface area contributed by atoms with Crippen molar-refractivity contribution in [2.45, 2.75) is 31.3 Å². The molecule has 0 spiro atoms. The lowest BCUT2D eigenvalue weighted by atomic mass is 10.2. The summed E-state index contributed by atoms with van der Waals surface area (Å²) in [6.45, 7) is 7.67. The zero-order valence-corrected chi connectivity index (χ0v) is 14.9. The fourth-order valence-corrected chi connectivity index (χ4v) is 4.03. The Morgan fingerprint density at radius 1 is 1.08 bits per heavy atom. The molecule has 0 saturated heterocycles. The molecule has 5 nitrogen and oxygen atoms in total. The molecule has 0 radical (unpaired) electrons. The number of ether oxygens (including phenoxy) is 1. The van der Waals surface area contributed by atoms with Crippen molar-refractivity contribution in [3.8, 4) is 0 Å². The summed E-state index contributed by atoms with van der Waals surface area (Å²) in [4.78, 5) is 14.4. The first kappa shape index (κ1) is 17.1. The van der Waals surface area contributed by atoms with E-state index < -0.39 is 16.6 Å². The van der Waals surface area contributed by atoms with Gasteiger partial charge in [0.15, 0.2) is 0 Å². The van der Waals surface area contributed by atoms with Crippen LogP contribution in [0.5, 0.6) is 0 Å². The van der Waals surface area contributed by atoms with Gasteiger partial charge in [-0.2, -0.15) is 0 Å². The number of benzene rings is 1. The summed E-state index contributed by atoms with van der Waals surface area (Å²) in [5, 5.41) is 0. The second-order valence-corrected chi connectivity index (χ2v) is 8.53. The number of halogens is 1. The molecule has 7 heteroatoms. The van der Waals surface area contributed by atoms with Gasteiger partial charge in [-0.25, -0.2) is 17.7 Å². The van der Waals surface area contributed by atoms with Gasteiger partial charge in [0, 0.05) is 26.2 Å². The topological polar surface area (TPSA) is 49.9 Å². The van der Waals surface area contributed by atoms with Gasteiger partial charge in [0.1, 0.15) is 22.4 Å². The number of hydrogen-bond donors (Lipinski definition) is 0. The van der Waals surface area contributed by atoms with Gasteiger partial charge < -0.3 is 9.64 Å². The number of amides is 1. The average molecular weight is 352 g/mol. The summed E-state index contributed by atoms with van der Waals surface area (Å²) < 4.78 is 32.8. The van der Waals surface area contributed by atoms with Crippen molar-refractivity contribution in [3.63, 3.8) is 0 Å². The summed E-state index contributed by atoms with van der Waals surface area (Å²) in [5.41, 5.74) is 1.73. The van der Waals surface area contributed by atoms with Crippen LogP contribution in [0.25, 0.3) is 0 Å². The van der Waals surface area contributed by atoms with Crippen LogP contribution in [-0.2, 0) is 15.7 Å². The smallest absolute Gasteiger partial charge is 0.410 e. The maximum atomic E-state index is 13.0. The summed E-state index contributed by atoms with van der Waals surface area (Å²) >= 11 is 0. The van der Waals surface area contributed by atoms with E-state index in [-0.39, 0.29) is 11.9 Å². The van der Waals surface area contributed by atoms with Crippen LogP contribution in [0.15, 0.2) is 40.3 Å². The molecular weight excluding hydrogens is 331 g/mol. The van der Waals surface area contributed by atoms with Gasteiger partial charge in [-0.15, -0.1) is 0 Å². The summed E-state index contributed by atoms with van der Waals surface area (Å²) in [6.07, 6.45) is -0.317. The number of carbonyl (C=O) groups is 1. The average Bonchev–Trinajstić information content (AvgIpc) is 3.04. The molecule has 0 N–H and O–H groups in total. The lowest BCUT2D eigenvalue weighted by Gasteiger charge is -2.26. The zero-order valence-electron chi connectivity index (χ0n) is 14.0. The van der Waals surface area contributed by atoms with Crippen molar-refractivity contribution in [1.82, 2.24) is 9.21 Å². The monoisotopic (exact) mass is 352 g/mol. The van der Waals surface area contributed by atoms with E-state index in [0.29, 0.717) is 31.1 Å². The van der Waals surface area contributed by atoms with E-state index in [1.807, 2.05) is 25.1 Å². The second-order valence-electron chi connectivity index (χ2n) is 7.04. The molecule has 1 aromatic carbocycles. The first-order chi connectivity index (χ1) is 11.2. The molecule has 0 bridgehead atoms. The zero-order chi connectivity index (χ0) is 17.5. The van der Waals surface area contributed by atoms with Crippen molar-refractivity contribution in [1.29, 1.82) is 0 Å². The third kappa shape index (κ3) is 3.67. The minimum atomic E-state index is -1.32. The van der Waals surface area contributed by atoms with Crippen LogP contribution in [0.1, 0.15) is 20.8 Å². The number of hydrogen-bond acceptors (Lipinski definition) is 3. The maximum Gasteiger partial charge on any atom is 0.410 e. The highest BCUT2D eigenvalue weighted by molar-refractivity contribution is 7.82. The van der Waals surface area contributed by atoms with Gasteiger partial charge in [0.05, 0.1) is 4.90 Å². The fraction of sp³-hybridized carbons (Fsp3) is 0.471. The molecule has 130 valence electrons. The van der Waals surface area contributed by atoms with Crippen molar-refractivity contribution < 1.29 is 18.1 Å². The quantitative estimate of drug-likeness (QED) is 0.769. The van der Waals surface area contributed by atoms with Crippen LogP contribution in [0.4, 0.5) is 9.18 Å². The van der Waals surface area contributed by atoms with Gasteiger partial charge >= 0.3 is 6.09 Å². The van der Waals surface area contributed by atoms with Crippen LogP contribution in [0.2, 0.25) is 0 Å². The Bertz CT molecular complexity index is 692. The lowest BCUT2D eigenvalue weighted by molar-refractivity contribution is 0.0295. The Morgan fingerprint density at radius 2 is 1.62 bits per heavy atom. The van der Waals surface area contributed by atoms with E-state index in [9.17, 15) is 13.4 Å². The van der Waals surface area contributed by atoms with E-state index in [4.69, 9.17) is 4.74 Å². The van der Waals surface area contributed by atoms with Crippen LogP contribution in [0.3, 0.4) is 0 Å². The molecule has 24 heavy (non-hydrogen) atoms. The summed E-state index contributed by atoms with van der Waals surface area (Å²) in [7, 11) is -1.32. The Morgan fingerprint density at radius 3 is 2.12 bits per heavy atom. The molecule has 0 saturated carbocycles. The van der Waals surface area contributed by atoms with Gasteiger partial charge in [-0.1, -0.05) is 0 Å². The maximum absolute atomic E-state index is 13.0. The number of rotatable bonds is 2. The predicted octanol–water partition coefficient (Wildman–Crippen LogP) is 2.71. The molecule has 1 amide bonds. The molecule has 2 aliphatic heterocycles. The predicted molar refractivity (Wildman–Crippen MR) is 89.2 cm³/mol. The van der Waals surface area contributed by atoms with E-state index in [2.05, 4.69) is 0 Å².